The average molecular weight is 528 g/mol. The molecule has 0 spiro atoms. The summed E-state index contributed by atoms with van der Waals surface area (Å²) < 4.78 is 39.9. The summed E-state index contributed by atoms with van der Waals surface area (Å²) in [5, 5.41) is 0.633. The average Bonchev–Trinajstić information content (AvgIpc) is 3.15. The van der Waals surface area contributed by atoms with E-state index < -0.39 is 21.0 Å². The standard InChI is InChI=1S/C24H27Cl2NO6S/c1-5-6-11-31-21-18(25)12-16(13-19(21)26)24(2,3)15-7-9-17(10-8-15)32-14-20-22(34(4,29)30)27-23(28)33-20/h7-10,12-13H,5-6,11,14H2,1-4H3,(H,27,28). The second-order valence-electron chi connectivity index (χ2n) is 8.45. The molecule has 0 radical (unpaired) electrons. The summed E-state index contributed by atoms with van der Waals surface area (Å²) in [7, 11) is -3.65. The summed E-state index contributed by atoms with van der Waals surface area (Å²) >= 11 is 12.9. The molecule has 0 bridgehead atoms. The first-order valence-electron chi connectivity index (χ1n) is 10.7. The fourth-order valence-electron chi connectivity index (χ4n) is 3.40. The van der Waals surface area contributed by atoms with Crippen LogP contribution >= 0.6 is 23.2 Å². The molecule has 3 rings (SSSR count). The molecule has 0 amide bonds. The van der Waals surface area contributed by atoms with Gasteiger partial charge in [-0.15, -0.1) is 0 Å². The number of hydrogen-bond donors (Lipinski definition) is 1. The van der Waals surface area contributed by atoms with Gasteiger partial charge in [-0.05, 0) is 41.8 Å². The third-order valence-corrected chi connectivity index (χ3v) is 7.10. The van der Waals surface area contributed by atoms with Crippen molar-refractivity contribution in [3.63, 3.8) is 0 Å². The Labute approximate surface area is 208 Å². The lowest BCUT2D eigenvalue weighted by atomic mass is 9.78. The minimum absolute atomic E-state index is 0.0811. The topological polar surface area (TPSA) is 98.6 Å². The molecule has 3 aromatic rings. The maximum absolute atomic E-state index is 11.8. The number of aromatic amines is 1. The number of unbranched alkanes of at least 4 members (excludes halogenated alkanes) is 1. The number of benzene rings is 2. The van der Waals surface area contributed by atoms with Gasteiger partial charge in [0.15, 0.2) is 26.4 Å². The van der Waals surface area contributed by atoms with E-state index in [9.17, 15) is 13.2 Å². The van der Waals surface area contributed by atoms with Gasteiger partial charge in [0.05, 0.1) is 16.7 Å². The molecular weight excluding hydrogens is 501 g/mol. The van der Waals surface area contributed by atoms with E-state index in [1.807, 2.05) is 24.3 Å². The monoisotopic (exact) mass is 527 g/mol. The van der Waals surface area contributed by atoms with Crippen LogP contribution in [0.15, 0.2) is 50.6 Å². The molecule has 7 nitrogen and oxygen atoms in total. The first-order valence-corrected chi connectivity index (χ1v) is 13.4. The van der Waals surface area contributed by atoms with Crippen LogP contribution in [0.25, 0.3) is 0 Å². The van der Waals surface area contributed by atoms with Crippen molar-refractivity contribution < 1.29 is 22.3 Å². The van der Waals surface area contributed by atoms with Gasteiger partial charge >= 0.3 is 5.76 Å². The van der Waals surface area contributed by atoms with Gasteiger partial charge in [-0.25, -0.2) is 13.2 Å². The zero-order valence-corrected chi connectivity index (χ0v) is 21.7. The van der Waals surface area contributed by atoms with Crippen molar-refractivity contribution >= 4 is 33.0 Å². The van der Waals surface area contributed by atoms with Crippen molar-refractivity contribution in [1.82, 2.24) is 4.98 Å². The maximum Gasteiger partial charge on any atom is 0.417 e. The van der Waals surface area contributed by atoms with Crippen molar-refractivity contribution in [3.8, 4) is 11.5 Å². The molecule has 0 aliphatic carbocycles. The molecule has 184 valence electrons. The zero-order chi connectivity index (χ0) is 25.1. The molecule has 0 saturated carbocycles. The van der Waals surface area contributed by atoms with E-state index in [1.165, 1.54) is 0 Å². The van der Waals surface area contributed by atoms with Crippen molar-refractivity contribution in [2.24, 2.45) is 0 Å². The summed E-state index contributed by atoms with van der Waals surface area (Å²) in [6.45, 7) is 6.52. The molecule has 1 N–H and O–H groups in total. The van der Waals surface area contributed by atoms with Crippen LogP contribution in [-0.4, -0.2) is 26.3 Å². The van der Waals surface area contributed by atoms with Crippen LogP contribution in [-0.2, 0) is 21.9 Å². The molecule has 0 fully saturated rings. The highest BCUT2D eigenvalue weighted by Crippen LogP contribution is 2.40. The van der Waals surface area contributed by atoms with E-state index >= 15 is 0 Å². The smallest absolute Gasteiger partial charge is 0.417 e. The summed E-state index contributed by atoms with van der Waals surface area (Å²) in [5.41, 5.74) is 1.48. The van der Waals surface area contributed by atoms with Crippen molar-refractivity contribution in [2.75, 3.05) is 12.9 Å². The van der Waals surface area contributed by atoms with Gasteiger partial charge in [0.1, 0.15) is 12.4 Å². The minimum atomic E-state index is -3.65. The number of nitrogens with one attached hydrogen (secondary N) is 1. The Morgan fingerprint density at radius 1 is 1.03 bits per heavy atom. The molecule has 34 heavy (non-hydrogen) atoms. The number of rotatable bonds is 10. The molecule has 2 aromatic carbocycles. The molecule has 0 aliphatic heterocycles. The van der Waals surface area contributed by atoms with Crippen LogP contribution in [0.4, 0.5) is 0 Å². The summed E-state index contributed by atoms with van der Waals surface area (Å²) in [5.74, 6) is 0.0428. The Morgan fingerprint density at radius 2 is 1.65 bits per heavy atom. The molecule has 0 unspecified atom stereocenters. The predicted molar refractivity (Wildman–Crippen MR) is 132 cm³/mol. The third-order valence-electron chi connectivity index (χ3n) is 5.47. The third kappa shape index (κ3) is 5.98. The number of hydrogen-bond acceptors (Lipinski definition) is 6. The Hall–Kier alpha value is -2.42. The first kappa shape index (κ1) is 26.2. The molecule has 1 heterocycles. The van der Waals surface area contributed by atoms with E-state index in [2.05, 4.69) is 25.8 Å². The van der Waals surface area contributed by atoms with Crippen molar-refractivity contribution in [3.05, 3.63) is 73.9 Å². The van der Waals surface area contributed by atoms with Gasteiger partial charge in [0, 0.05) is 11.7 Å². The van der Waals surface area contributed by atoms with Crippen LogP contribution in [0, 0.1) is 0 Å². The van der Waals surface area contributed by atoms with Gasteiger partial charge < -0.3 is 13.9 Å². The molecule has 0 saturated heterocycles. The van der Waals surface area contributed by atoms with Gasteiger partial charge in [-0.2, -0.15) is 0 Å². The van der Waals surface area contributed by atoms with Crippen LogP contribution in [0.2, 0.25) is 10.0 Å². The minimum Gasteiger partial charge on any atom is -0.490 e. The molecule has 10 heteroatoms. The number of halogens is 2. The Bertz CT molecular complexity index is 1290. The Balaban J connectivity index is 1.77. The Kier molecular flexibility index (Phi) is 8.06. The number of oxazole rings is 1. The predicted octanol–water partition coefficient (Wildman–Crippen LogP) is 5.76. The summed E-state index contributed by atoms with van der Waals surface area (Å²) in [6, 6.07) is 11.0. The van der Waals surface area contributed by atoms with Gasteiger partial charge in [0.25, 0.3) is 0 Å². The highest BCUT2D eigenvalue weighted by Gasteiger charge is 2.26. The molecule has 0 atom stereocenters. The number of aromatic nitrogens is 1. The van der Waals surface area contributed by atoms with E-state index in [4.69, 9.17) is 37.1 Å². The summed E-state index contributed by atoms with van der Waals surface area (Å²) in [6.07, 6.45) is 2.91. The highest BCUT2D eigenvalue weighted by molar-refractivity contribution is 7.90. The normalized spacial score (nSPS) is 12.1. The van der Waals surface area contributed by atoms with E-state index in [0.29, 0.717) is 28.2 Å². The van der Waals surface area contributed by atoms with E-state index in [0.717, 1.165) is 30.2 Å². The van der Waals surface area contributed by atoms with Crippen LogP contribution in [0.1, 0.15) is 50.5 Å². The van der Waals surface area contributed by atoms with Crippen molar-refractivity contribution in [2.45, 2.75) is 50.7 Å². The first-order chi connectivity index (χ1) is 15.9. The fraction of sp³-hybridized carbons (Fsp3) is 0.375. The molecule has 0 aliphatic rings. The molecule has 1 aromatic heterocycles. The maximum atomic E-state index is 11.8. The highest BCUT2D eigenvalue weighted by atomic mass is 35.5. The number of sulfone groups is 1. The lowest BCUT2D eigenvalue weighted by molar-refractivity contribution is 0.261. The quantitative estimate of drug-likeness (QED) is 0.336. The second-order valence-corrected chi connectivity index (χ2v) is 11.2. The van der Waals surface area contributed by atoms with Crippen LogP contribution < -0.4 is 15.2 Å². The van der Waals surface area contributed by atoms with Crippen LogP contribution in [0.5, 0.6) is 11.5 Å². The van der Waals surface area contributed by atoms with E-state index in [-0.39, 0.29) is 17.4 Å². The number of ether oxygens (including phenoxy) is 2. The van der Waals surface area contributed by atoms with Gasteiger partial charge in [0.2, 0.25) is 0 Å². The zero-order valence-electron chi connectivity index (χ0n) is 19.4. The fourth-order valence-corrected chi connectivity index (χ4v) is 4.78. The molecular formula is C24H27Cl2NO6S. The number of H-pyrrole nitrogens is 1. The van der Waals surface area contributed by atoms with Gasteiger partial charge in [-0.3, -0.25) is 4.98 Å². The lowest BCUT2D eigenvalue weighted by Crippen LogP contribution is -2.19. The largest absolute Gasteiger partial charge is 0.490 e. The lowest BCUT2D eigenvalue weighted by Gasteiger charge is -2.27. The van der Waals surface area contributed by atoms with Crippen LogP contribution in [0.3, 0.4) is 0 Å². The second kappa shape index (κ2) is 10.5. The van der Waals surface area contributed by atoms with Crippen molar-refractivity contribution in [1.29, 1.82) is 0 Å². The Morgan fingerprint density at radius 3 is 2.21 bits per heavy atom. The van der Waals surface area contributed by atoms with Gasteiger partial charge in [-0.1, -0.05) is 62.5 Å². The summed E-state index contributed by atoms with van der Waals surface area (Å²) in [4.78, 5) is 13.6. The SMILES string of the molecule is CCCCOc1c(Cl)cc(C(C)(C)c2ccc(OCc3oc(=O)[nH]c3S(C)(=O)=O)cc2)cc1Cl. The van der Waals surface area contributed by atoms with E-state index in [1.54, 1.807) is 12.1 Å².